The Hall–Kier alpha value is -3.41. The lowest BCUT2D eigenvalue weighted by atomic mass is 9.99. The Morgan fingerprint density at radius 3 is 2.62 bits per heavy atom. The number of aryl methyl sites for hydroxylation is 1. The maximum absolute atomic E-state index is 13.0. The van der Waals surface area contributed by atoms with E-state index in [1.165, 1.54) is 22.4 Å². The van der Waals surface area contributed by atoms with Crippen LogP contribution in [0.5, 0.6) is 5.75 Å². The van der Waals surface area contributed by atoms with E-state index in [9.17, 15) is 9.59 Å². The van der Waals surface area contributed by atoms with E-state index < -0.39 is 0 Å². The van der Waals surface area contributed by atoms with E-state index >= 15 is 0 Å². The molecule has 3 aromatic rings. The van der Waals surface area contributed by atoms with Gasteiger partial charge >= 0.3 is 0 Å². The third-order valence-corrected chi connectivity index (χ3v) is 5.25. The van der Waals surface area contributed by atoms with Crippen molar-refractivity contribution < 1.29 is 9.53 Å². The standard InChI is InChI=1S/C23H23N3O3/c1-16-3-5-17(6-4-16)14-26-22(27)10-9-21(24-26)23(28)25-12-11-18-13-20(29-2)8-7-19(18)15-25/h3-10,13H,11-12,14-15H2,1-2H3. The van der Waals surface area contributed by atoms with E-state index in [1.807, 2.05) is 49.4 Å². The molecule has 1 aromatic heterocycles. The van der Waals surface area contributed by atoms with Crippen molar-refractivity contribution >= 4 is 5.91 Å². The number of hydrogen-bond acceptors (Lipinski definition) is 4. The first-order valence-corrected chi connectivity index (χ1v) is 9.62. The van der Waals surface area contributed by atoms with Crippen molar-refractivity contribution in [3.63, 3.8) is 0 Å². The Kier molecular flexibility index (Phi) is 5.16. The minimum atomic E-state index is -0.224. The maximum atomic E-state index is 13.0. The molecule has 6 heteroatoms. The van der Waals surface area contributed by atoms with Gasteiger partial charge in [0.15, 0.2) is 0 Å². The van der Waals surface area contributed by atoms with E-state index in [0.29, 0.717) is 19.6 Å². The van der Waals surface area contributed by atoms with Crippen molar-refractivity contribution in [2.24, 2.45) is 0 Å². The normalized spacial score (nSPS) is 13.1. The van der Waals surface area contributed by atoms with E-state index in [1.54, 1.807) is 12.0 Å². The Labute approximate surface area is 169 Å². The van der Waals surface area contributed by atoms with Crippen LogP contribution in [0.3, 0.4) is 0 Å². The molecule has 0 atom stereocenters. The number of carbonyl (C=O) groups excluding carboxylic acids is 1. The lowest BCUT2D eigenvalue weighted by molar-refractivity contribution is 0.0726. The van der Waals surface area contributed by atoms with Crippen LogP contribution >= 0.6 is 0 Å². The van der Waals surface area contributed by atoms with Gasteiger partial charge < -0.3 is 9.64 Å². The summed E-state index contributed by atoms with van der Waals surface area (Å²) in [6.45, 7) is 3.48. The predicted molar refractivity (Wildman–Crippen MR) is 110 cm³/mol. The summed E-state index contributed by atoms with van der Waals surface area (Å²) in [6, 6.07) is 16.8. The van der Waals surface area contributed by atoms with Crippen LogP contribution in [0.1, 0.15) is 32.7 Å². The second-order valence-electron chi connectivity index (χ2n) is 7.31. The summed E-state index contributed by atoms with van der Waals surface area (Å²) in [6.07, 6.45) is 0.765. The van der Waals surface area contributed by atoms with Gasteiger partial charge in [0, 0.05) is 19.2 Å². The van der Waals surface area contributed by atoms with Gasteiger partial charge in [-0.05, 0) is 48.2 Å². The molecule has 2 heterocycles. The molecule has 1 aliphatic heterocycles. The second kappa shape index (κ2) is 7.91. The van der Waals surface area contributed by atoms with Crippen molar-refractivity contribution in [1.82, 2.24) is 14.7 Å². The molecule has 0 saturated heterocycles. The quantitative estimate of drug-likeness (QED) is 0.688. The second-order valence-corrected chi connectivity index (χ2v) is 7.31. The predicted octanol–water partition coefficient (Wildman–Crippen LogP) is 2.81. The Morgan fingerprint density at radius 1 is 1.07 bits per heavy atom. The minimum absolute atomic E-state index is 0.163. The summed E-state index contributed by atoms with van der Waals surface area (Å²) in [7, 11) is 1.65. The molecule has 0 bridgehead atoms. The average Bonchev–Trinajstić information content (AvgIpc) is 2.75. The van der Waals surface area contributed by atoms with Gasteiger partial charge in [-0.2, -0.15) is 5.10 Å². The van der Waals surface area contributed by atoms with Crippen molar-refractivity contribution in [3.05, 3.63) is 92.9 Å². The van der Waals surface area contributed by atoms with Gasteiger partial charge in [0.25, 0.3) is 11.5 Å². The zero-order chi connectivity index (χ0) is 20.4. The molecule has 0 radical (unpaired) electrons. The van der Waals surface area contributed by atoms with Crippen molar-refractivity contribution in [2.75, 3.05) is 13.7 Å². The molecule has 1 aliphatic rings. The summed E-state index contributed by atoms with van der Waals surface area (Å²) >= 11 is 0. The fourth-order valence-electron chi connectivity index (χ4n) is 3.53. The number of aromatic nitrogens is 2. The van der Waals surface area contributed by atoms with Crippen molar-refractivity contribution in [1.29, 1.82) is 0 Å². The van der Waals surface area contributed by atoms with E-state index in [-0.39, 0.29) is 17.2 Å². The molecule has 0 aliphatic carbocycles. The number of ether oxygens (including phenoxy) is 1. The molecule has 0 spiro atoms. The summed E-state index contributed by atoms with van der Waals surface area (Å²) in [5.74, 6) is 0.664. The van der Waals surface area contributed by atoms with Gasteiger partial charge in [-0.15, -0.1) is 0 Å². The number of hydrogen-bond donors (Lipinski definition) is 0. The number of nitrogens with zero attached hydrogens (tertiary/aromatic N) is 3. The van der Waals surface area contributed by atoms with Crippen LogP contribution in [0, 0.1) is 6.92 Å². The lowest BCUT2D eigenvalue weighted by Crippen LogP contribution is -2.37. The molecule has 2 aromatic carbocycles. The Morgan fingerprint density at radius 2 is 1.86 bits per heavy atom. The van der Waals surface area contributed by atoms with Crippen molar-refractivity contribution in [3.8, 4) is 5.75 Å². The maximum Gasteiger partial charge on any atom is 0.274 e. The molecular weight excluding hydrogens is 366 g/mol. The number of fused-ring (bicyclic) bond motifs is 1. The molecule has 1 amide bonds. The summed E-state index contributed by atoms with van der Waals surface area (Å²) < 4.78 is 6.63. The van der Waals surface area contributed by atoms with Gasteiger partial charge in [-0.3, -0.25) is 9.59 Å². The van der Waals surface area contributed by atoms with E-state index in [4.69, 9.17) is 4.74 Å². The van der Waals surface area contributed by atoms with Crippen LogP contribution in [0.15, 0.2) is 59.4 Å². The third-order valence-electron chi connectivity index (χ3n) is 5.25. The largest absolute Gasteiger partial charge is 0.497 e. The summed E-state index contributed by atoms with van der Waals surface area (Å²) in [5, 5.41) is 4.34. The SMILES string of the molecule is COc1ccc2c(c1)CCN(C(=O)c1ccc(=O)n(Cc3ccc(C)cc3)n1)C2. The number of rotatable bonds is 4. The third kappa shape index (κ3) is 4.06. The fraction of sp³-hybridized carbons (Fsp3) is 0.261. The average molecular weight is 389 g/mol. The highest BCUT2D eigenvalue weighted by atomic mass is 16.5. The molecule has 0 N–H and O–H groups in total. The summed E-state index contributed by atoms with van der Waals surface area (Å²) in [4.78, 5) is 27.0. The molecule has 0 unspecified atom stereocenters. The number of amides is 1. The van der Waals surface area contributed by atoms with E-state index in [2.05, 4.69) is 5.10 Å². The number of benzene rings is 2. The Balaban J connectivity index is 1.54. The van der Waals surface area contributed by atoms with Gasteiger partial charge in [0.2, 0.25) is 0 Å². The molecular formula is C23H23N3O3. The molecule has 6 nitrogen and oxygen atoms in total. The van der Waals surface area contributed by atoms with Crippen LogP contribution in [-0.4, -0.2) is 34.2 Å². The van der Waals surface area contributed by atoms with Gasteiger partial charge in [0.05, 0.1) is 13.7 Å². The highest BCUT2D eigenvalue weighted by molar-refractivity contribution is 5.92. The molecule has 148 valence electrons. The minimum Gasteiger partial charge on any atom is -0.497 e. The molecule has 29 heavy (non-hydrogen) atoms. The zero-order valence-electron chi connectivity index (χ0n) is 16.6. The monoisotopic (exact) mass is 389 g/mol. The number of methoxy groups -OCH3 is 1. The van der Waals surface area contributed by atoms with Crippen LogP contribution in [0.2, 0.25) is 0 Å². The first kappa shape index (κ1) is 18.9. The first-order chi connectivity index (χ1) is 14.0. The molecule has 4 rings (SSSR count). The summed E-state index contributed by atoms with van der Waals surface area (Å²) in [5.41, 5.74) is 4.49. The Bertz CT molecular complexity index is 1100. The van der Waals surface area contributed by atoms with Gasteiger partial charge in [0.1, 0.15) is 11.4 Å². The lowest BCUT2D eigenvalue weighted by Gasteiger charge is -2.29. The van der Waals surface area contributed by atoms with Crippen molar-refractivity contribution in [2.45, 2.75) is 26.4 Å². The smallest absolute Gasteiger partial charge is 0.274 e. The zero-order valence-corrected chi connectivity index (χ0v) is 16.6. The highest BCUT2D eigenvalue weighted by Gasteiger charge is 2.23. The van der Waals surface area contributed by atoms with Gasteiger partial charge in [-0.1, -0.05) is 35.9 Å². The van der Waals surface area contributed by atoms with Crippen LogP contribution in [0.25, 0.3) is 0 Å². The molecule has 0 fully saturated rings. The number of carbonyl (C=O) groups is 1. The van der Waals surface area contributed by atoms with Crippen LogP contribution < -0.4 is 10.3 Å². The van der Waals surface area contributed by atoms with Gasteiger partial charge in [-0.25, -0.2) is 4.68 Å². The van der Waals surface area contributed by atoms with Crippen LogP contribution in [0.4, 0.5) is 0 Å². The molecule has 0 saturated carbocycles. The first-order valence-electron chi connectivity index (χ1n) is 9.62. The van der Waals surface area contributed by atoms with Crippen LogP contribution in [-0.2, 0) is 19.5 Å². The fourth-order valence-corrected chi connectivity index (χ4v) is 3.53. The highest BCUT2D eigenvalue weighted by Crippen LogP contribution is 2.24. The topological polar surface area (TPSA) is 64.4 Å². The van der Waals surface area contributed by atoms with E-state index in [0.717, 1.165) is 28.9 Å².